The second-order valence-corrected chi connectivity index (χ2v) is 3.54. The lowest BCUT2D eigenvalue weighted by Crippen LogP contribution is -2.06. The SMILES string of the molecule is C=Cc1ccccc1C(CC)CC(=O)O. The lowest BCUT2D eigenvalue weighted by Gasteiger charge is -2.15. The number of aliphatic carboxylic acids is 1. The predicted octanol–water partition coefficient (Wildman–Crippen LogP) is 3.30. The third-order valence-corrected chi connectivity index (χ3v) is 2.57. The maximum Gasteiger partial charge on any atom is 0.303 e. The number of rotatable bonds is 5. The maximum absolute atomic E-state index is 10.7. The molecule has 0 heterocycles. The number of benzene rings is 1. The van der Waals surface area contributed by atoms with E-state index in [0.717, 1.165) is 17.5 Å². The molecule has 1 rings (SSSR count). The van der Waals surface area contributed by atoms with Crippen LogP contribution in [0.25, 0.3) is 6.08 Å². The van der Waals surface area contributed by atoms with E-state index in [2.05, 4.69) is 6.58 Å². The molecule has 1 atom stereocenters. The Morgan fingerprint density at radius 2 is 2.20 bits per heavy atom. The maximum atomic E-state index is 10.7. The molecule has 0 fully saturated rings. The molecule has 0 aliphatic rings. The van der Waals surface area contributed by atoms with E-state index < -0.39 is 5.97 Å². The van der Waals surface area contributed by atoms with Crippen LogP contribution in [0.15, 0.2) is 30.8 Å². The van der Waals surface area contributed by atoms with Crippen LogP contribution in [0, 0.1) is 0 Å². The minimum Gasteiger partial charge on any atom is -0.481 e. The summed E-state index contributed by atoms with van der Waals surface area (Å²) < 4.78 is 0. The van der Waals surface area contributed by atoms with Crippen molar-refractivity contribution < 1.29 is 9.90 Å². The molecule has 0 bridgehead atoms. The van der Waals surface area contributed by atoms with E-state index >= 15 is 0 Å². The van der Waals surface area contributed by atoms with Gasteiger partial charge in [0, 0.05) is 0 Å². The summed E-state index contributed by atoms with van der Waals surface area (Å²) in [6.07, 6.45) is 2.79. The molecule has 15 heavy (non-hydrogen) atoms. The van der Waals surface area contributed by atoms with Gasteiger partial charge in [-0.2, -0.15) is 0 Å². The summed E-state index contributed by atoms with van der Waals surface area (Å²) >= 11 is 0. The Balaban J connectivity index is 3.00. The molecule has 0 spiro atoms. The van der Waals surface area contributed by atoms with E-state index in [-0.39, 0.29) is 12.3 Å². The Kier molecular flexibility index (Phi) is 4.10. The molecule has 1 unspecified atom stereocenters. The lowest BCUT2D eigenvalue weighted by atomic mass is 9.89. The predicted molar refractivity (Wildman–Crippen MR) is 61.8 cm³/mol. The van der Waals surface area contributed by atoms with Gasteiger partial charge in [-0.05, 0) is 23.5 Å². The van der Waals surface area contributed by atoms with Gasteiger partial charge in [0.05, 0.1) is 6.42 Å². The van der Waals surface area contributed by atoms with Gasteiger partial charge in [-0.1, -0.05) is 43.8 Å². The van der Waals surface area contributed by atoms with Gasteiger partial charge in [-0.3, -0.25) is 4.79 Å². The summed E-state index contributed by atoms with van der Waals surface area (Å²) in [5.74, 6) is -0.669. The van der Waals surface area contributed by atoms with Crippen molar-refractivity contribution in [3.05, 3.63) is 42.0 Å². The van der Waals surface area contributed by atoms with Crippen molar-refractivity contribution in [3.63, 3.8) is 0 Å². The van der Waals surface area contributed by atoms with Gasteiger partial charge in [-0.15, -0.1) is 0 Å². The van der Waals surface area contributed by atoms with Crippen molar-refractivity contribution in [2.45, 2.75) is 25.7 Å². The summed E-state index contributed by atoms with van der Waals surface area (Å²) in [6.45, 7) is 5.75. The minimum absolute atomic E-state index is 0.0803. The molecular formula is C13H16O2. The zero-order valence-corrected chi connectivity index (χ0v) is 8.94. The van der Waals surface area contributed by atoms with Gasteiger partial charge in [0.1, 0.15) is 0 Å². The molecule has 0 aliphatic heterocycles. The van der Waals surface area contributed by atoms with Gasteiger partial charge >= 0.3 is 5.97 Å². The first-order valence-corrected chi connectivity index (χ1v) is 5.12. The van der Waals surface area contributed by atoms with Crippen LogP contribution < -0.4 is 0 Å². The Labute approximate surface area is 90.3 Å². The number of hydrogen-bond acceptors (Lipinski definition) is 1. The first-order valence-electron chi connectivity index (χ1n) is 5.12. The smallest absolute Gasteiger partial charge is 0.303 e. The second kappa shape index (κ2) is 5.35. The molecule has 0 aliphatic carbocycles. The second-order valence-electron chi connectivity index (χ2n) is 3.54. The molecule has 0 aromatic heterocycles. The molecule has 0 saturated carbocycles. The number of carboxylic acids is 1. The quantitative estimate of drug-likeness (QED) is 0.799. The van der Waals surface area contributed by atoms with Crippen molar-refractivity contribution in [2.24, 2.45) is 0 Å². The first kappa shape index (κ1) is 11.5. The average Bonchev–Trinajstić information content (AvgIpc) is 2.25. The van der Waals surface area contributed by atoms with E-state index in [1.54, 1.807) is 6.08 Å². The topological polar surface area (TPSA) is 37.3 Å². The van der Waals surface area contributed by atoms with E-state index in [1.165, 1.54) is 0 Å². The van der Waals surface area contributed by atoms with Gasteiger partial charge in [0.15, 0.2) is 0 Å². The zero-order chi connectivity index (χ0) is 11.3. The van der Waals surface area contributed by atoms with Gasteiger partial charge in [-0.25, -0.2) is 0 Å². The fourth-order valence-electron chi connectivity index (χ4n) is 1.75. The van der Waals surface area contributed by atoms with Crippen LogP contribution in [0.1, 0.15) is 36.8 Å². The minimum atomic E-state index is -0.749. The van der Waals surface area contributed by atoms with Crippen LogP contribution in [-0.4, -0.2) is 11.1 Å². The molecule has 2 heteroatoms. The highest BCUT2D eigenvalue weighted by atomic mass is 16.4. The monoisotopic (exact) mass is 204 g/mol. The molecule has 80 valence electrons. The van der Waals surface area contributed by atoms with Crippen molar-refractivity contribution >= 4 is 12.0 Å². The molecule has 0 amide bonds. The molecule has 2 nitrogen and oxygen atoms in total. The highest BCUT2D eigenvalue weighted by molar-refractivity contribution is 5.68. The van der Waals surface area contributed by atoms with E-state index in [9.17, 15) is 4.79 Å². The van der Waals surface area contributed by atoms with Crippen molar-refractivity contribution in [2.75, 3.05) is 0 Å². The highest BCUT2D eigenvalue weighted by Gasteiger charge is 2.15. The standard InChI is InChI=1S/C13H16O2/c1-3-10-7-5-6-8-12(10)11(4-2)9-13(14)15/h3,5-8,11H,1,4,9H2,2H3,(H,14,15). The largest absolute Gasteiger partial charge is 0.481 e. The normalized spacial score (nSPS) is 12.1. The van der Waals surface area contributed by atoms with Crippen molar-refractivity contribution in [1.82, 2.24) is 0 Å². The number of carboxylic acid groups (broad SMARTS) is 1. The molecule has 1 aromatic rings. The van der Waals surface area contributed by atoms with Crippen molar-refractivity contribution in [3.8, 4) is 0 Å². The van der Waals surface area contributed by atoms with Crippen LogP contribution in [0.5, 0.6) is 0 Å². The Morgan fingerprint density at radius 1 is 1.53 bits per heavy atom. The number of hydrogen-bond donors (Lipinski definition) is 1. The Hall–Kier alpha value is -1.57. The van der Waals surface area contributed by atoms with Crippen LogP contribution in [0.4, 0.5) is 0 Å². The highest BCUT2D eigenvalue weighted by Crippen LogP contribution is 2.26. The summed E-state index contributed by atoms with van der Waals surface area (Å²) in [7, 11) is 0. The first-order chi connectivity index (χ1) is 7.19. The zero-order valence-electron chi connectivity index (χ0n) is 8.94. The van der Waals surface area contributed by atoms with Gasteiger partial charge in [0.2, 0.25) is 0 Å². The fourth-order valence-corrected chi connectivity index (χ4v) is 1.75. The molecule has 0 saturated heterocycles. The van der Waals surface area contributed by atoms with E-state index in [4.69, 9.17) is 5.11 Å². The Morgan fingerprint density at radius 3 is 2.73 bits per heavy atom. The summed E-state index contributed by atoms with van der Waals surface area (Å²) in [5.41, 5.74) is 2.11. The summed E-state index contributed by atoms with van der Waals surface area (Å²) in [5, 5.41) is 8.81. The molecule has 0 radical (unpaired) electrons. The molecule has 1 N–H and O–H groups in total. The lowest BCUT2D eigenvalue weighted by molar-refractivity contribution is -0.137. The number of carbonyl (C=O) groups is 1. The molecular weight excluding hydrogens is 188 g/mol. The Bertz CT molecular complexity index is 355. The molecule has 1 aromatic carbocycles. The van der Waals surface area contributed by atoms with Crippen LogP contribution in [0.3, 0.4) is 0 Å². The third kappa shape index (κ3) is 2.94. The fraction of sp³-hybridized carbons (Fsp3) is 0.308. The summed E-state index contributed by atoms with van der Waals surface area (Å²) in [4.78, 5) is 10.7. The van der Waals surface area contributed by atoms with Gasteiger partial charge < -0.3 is 5.11 Å². The average molecular weight is 204 g/mol. The van der Waals surface area contributed by atoms with Crippen LogP contribution >= 0.6 is 0 Å². The van der Waals surface area contributed by atoms with E-state index in [1.807, 2.05) is 31.2 Å². The third-order valence-electron chi connectivity index (χ3n) is 2.57. The van der Waals surface area contributed by atoms with Crippen molar-refractivity contribution in [1.29, 1.82) is 0 Å². The van der Waals surface area contributed by atoms with Crippen LogP contribution in [0.2, 0.25) is 0 Å². The van der Waals surface area contributed by atoms with E-state index in [0.29, 0.717) is 0 Å². The van der Waals surface area contributed by atoms with Crippen LogP contribution in [-0.2, 0) is 4.79 Å². The summed E-state index contributed by atoms with van der Waals surface area (Å²) in [6, 6.07) is 7.82. The van der Waals surface area contributed by atoms with Gasteiger partial charge in [0.25, 0.3) is 0 Å².